The van der Waals surface area contributed by atoms with Crippen molar-refractivity contribution in [3.8, 4) is 11.5 Å². The highest BCUT2D eigenvalue weighted by molar-refractivity contribution is 5.81. The second kappa shape index (κ2) is 9.58. The third-order valence-electron chi connectivity index (χ3n) is 4.82. The van der Waals surface area contributed by atoms with Gasteiger partial charge in [-0.1, -0.05) is 20.8 Å². The molecule has 2 aromatic carbocycles. The number of rotatable bonds is 8. The molecule has 1 N–H and O–H groups in total. The predicted molar refractivity (Wildman–Crippen MR) is 109 cm³/mol. The molecule has 4 nitrogen and oxygen atoms in total. The summed E-state index contributed by atoms with van der Waals surface area (Å²) in [5, 5.41) is 3.04. The summed E-state index contributed by atoms with van der Waals surface area (Å²) in [6.07, 6.45) is -0.134. The Bertz CT molecular complexity index is 802. The Morgan fingerprint density at radius 1 is 1.11 bits per heavy atom. The lowest BCUT2D eigenvalue weighted by molar-refractivity contribution is -0.128. The molecular formula is C23H30FNO3. The molecule has 0 aliphatic carbocycles. The van der Waals surface area contributed by atoms with E-state index in [1.807, 2.05) is 26.8 Å². The first kappa shape index (κ1) is 21.7. The zero-order valence-corrected chi connectivity index (χ0v) is 17.5. The van der Waals surface area contributed by atoms with Crippen molar-refractivity contribution in [1.29, 1.82) is 0 Å². The van der Waals surface area contributed by atoms with E-state index in [1.54, 1.807) is 7.11 Å². The molecular weight excluding hydrogens is 357 g/mol. The summed E-state index contributed by atoms with van der Waals surface area (Å²) >= 11 is 0. The van der Waals surface area contributed by atoms with Gasteiger partial charge in [0.2, 0.25) is 0 Å². The number of amides is 1. The average molecular weight is 387 g/mol. The Balaban J connectivity index is 2.15. The summed E-state index contributed by atoms with van der Waals surface area (Å²) in [5.74, 6) is 1.11. The Hall–Kier alpha value is -2.56. The van der Waals surface area contributed by atoms with E-state index in [9.17, 15) is 9.18 Å². The van der Waals surface area contributed by atoms with Crippen LogP contribution < -0.4 is 14.8 Å². The normalized spacial score (nSPS) is 13.1. The summed E-state index contributed by atoms with van der Waals surface area (Å²) in [6.45, 7) is 10.1. The molecule has 2 rings (SSSR count). The minimum absolute atomic E-state index is 0.179. The minimum Gasteiger partial charge on any atom is -0.496 e. The van der Waals surface area contributed by atoms with Crippen LogP contribution in [-0.4, -0.2) is 19.1 Å². The van der Waals surface area contributed by atoms with Gasteiger partial charge in [-0.05, 0) is 79.3 Å². The number of carbonyl (C=O) groups is 1. The summed E-state index contributed by atoms with van der Waals surface area (Å²) in [6, 6.07) is 9.62. The van der Waals surface area contributed by atoms with E-state index in [4.69, 9.17) is 9.47 Å². The molecule has 2 unspecified atom stereocenters. The standard InChI is InChI=1S/C23H30FNO3/c1-7-21(28-18-10-8-17(24)9-11-18)23(26)25-16(5)20-13-19(14(2)3)22(27-6)12-15(20)4/h8-14,16,21H,7H2,1-6H3,(H,25,26). The molecule has 0 aliphatic heterocycles. The fraction of sp³-hybridized carbons (Fsp3) is 0.435. The molecule has 0 fully saturated rings. The highest BCUT2D eigenvalue weighted by atomic mass is 19.1. The zero-order valence-electron chi connectivity index (χ0n) is 17.5. The highest BCUT2D eigenvalue weighted by Gasteiger charge is 2.22. The van der Waals surface area contributed by atoms with Crippen molar-refractivity contribution < 1.29 is 18.7 Å². The molecule has 5 heteroatoms. The van der Waals surface area contributed by atoms with Gasteiger partial charge in [0.05, 0.1) is 13.2 Å². The molecule has 1 amide bonds. The minimum atomic E-state index is -0.643. The number of hydrogen-bond acceptors (Lipinski definition) is 3. The maximum absolute atomic E-state index is 13.1. The van der Waals surface area contributed by atoms with Gasteiger partial charge in [0.1, 0.15) is 17.3 Å². The Morgan fingerprint density at radius 2 is 1.75 bits per heavy atom. The molecule has 2 aromatic rings. The van der Waals surface area contributed by atoms with Crippen molar-refractivity contribution in [2.45, 2.75) is 59.1 Å². The van der Waals surface area contributed by atoms with Crippen molar-refractivity contribution in [3.05, 3.63) is 58.9 Å². The Labute approximate surface area is 167 Å². The predicted octanol–water partition coefficient (Wildman–Crippen LogP) is 5.30. The van der Waals surface area contributed by atoms with Crippen LogP contribution in [0, 0.1) is 12.7 Å². The lowest BCUT2D eigenvalue weighted by Gasteiger charge is -2.23. The van der Waals surface area contributed by atoms with E-state index >= 15 is 0 Å². The number of halogens is 1. The van der Waals surface area contributed by atoms with Crippen LogP contribution in [0.5, 0.6) is 11.5 Å². The summed E-state index contributed by atoms with van der Waals surface area (Å²) in [7, 11) is 1.67. The largest absolute Gasteiger partial charge is 0.496 e. The van der Waals surface area contributed by atoms with Gasteiger partial charge in [0, 0.05) is 0 Å². The average Bonchev–Trinajstić information content (AvgIpc) is 2.66. The van der Waals surface area contributed by atoms with Crippen molar-refractivity contribution in [2.24, 2.45) is 0 Å². The van der Waals surface area contributed by atoms with Gasteiger partial charge in [-0.3, -0.25) is 4.79 Å². The van der Waals surface area contributed by atoms with Crippen LogP contribution in [0.1, 0.15) is 62.8 Å². The number of methoxy groups -OCH3 is 1. The Morgan fingerprint density at radius 3 is 2.29 bits per heavy atom. The molecule has 0 radical (unpaired) electrons. The van der Waals surface area contributed by atoms with Gasteiger partial charge in [0.25, 0.3) is 5.91 Å². The summed E-state index contributed by atoms with van der Waals surface area (Å²) < 4.78 is 24.3. The monoisotopic (exact) mass is 387 g/mol. The van der Waals surface area contributed by atoms with Crippen LogP contribution in [0.15, 0.2) is 36.4 Å². The maximum atomic E-state index is 13.1. The molecule has 0 saturated carbocycles. The van der Waals surface area contributed by atoms with Gasteiger partial charge in [-0.15, -0.1) is 0 Å². The number of benzene rings is 2. The first-order valence-electron chi connectivity index (χ1n) is 9.67. The fourth-order valence-electron chi connectivity index (χ4n) is 3.19. The van der Waals surface area contributed by atoms with Crippen LogP contribution in [0.2, 0.25) is 0 Å². The third-order valence-corrected chi connectivity index (χ3v) is 4.82. The van der Waals surface area contributed by atoms with Crippen LogP contribution in [0.3, 0.4) is 0 Å². The topological polar surface area (TPSA) is 47.6 Å². The van der Waals surface area contributed by atoms with E-state index in [-0.39, 0.29) is 17.8 Å². The number of ether oxygens (including phenoxy) is 2. The quantitative estimate of drug-likeness (QED) is 0.668. The maximum Gasteiger partial charge on any atom is 0.261 e. The van der Waals surface area contributed by atoms with Crippen molar-refractivity contribution in [3.63, 3.8) is 0 Å². The van der Waals surface area contributed by atoms with Crippen molar-refractivity contribution in [2.75, 3.05) is 7.11 Å². The van der Waals surface area contributed by atoms with Crippen LogP contribution in [-0.2, 0) is 4.79 Å². The number of carbonyl (C=O) groups excluding carboxylic acids is 1. The zero-order chi connectivity index (χ0) is 20.8. The van der Waals surface area contributed by atoms with Gasteiger partial charge in [-0.2, -0.15) is 0 Å². The molecule has 0 bridgehead atoms. The molecule has 0 saturated heterocycles. The van der Waals surface area contributed by atoms with E-state index < -0.39 is 6.10 Å². The first-order valence-corrected chi connectivity index (χ1v) is 9.67. The van der Waals surface area contributed by atoms with Gasteiger partial charge in [-0.25, -0.2) is 4.39 Å². The molecule has 152 valence electrons. The highest BCUT2D eigenvalue weighted by Crippen LogP contribution is 2.32. The Kier molecular flexibility index (Phi) is 7.44. The molecule has 0 aliphatic rings. The fourth-order valence-corrected chi connectivity index (χ4v) is 3.19. The van der Waals surface area contributed by atoms with Crippen LogP contribution >= 0.6 is 0 Å². The molecule has 2 atom stereocenters. The first-order chi connectivity index (χ1) is 13.3. The lowest BCUT2D eigenvalue weighted by Crippen LogP contribution is -2.39. The molecule has 28 heavy (non-hydrogen) atoms. The van der Waals surface area contributed by atoms with E-state index in [0.29, 0.717) is 18.1 Å². The smallest absolute Gasteiger partial charge is 0.261 e. The van der Waals surface area contributed by atoms with Gasteiger partial charge < -0.3 is 14.8 Å². The third kappa shape index (κ3) is 5.24. The van der Waals surface area contributed by atoms with Crippen LogP contribution in [0.25, 0.3) is 0 Å². The van der Waals surface area contributed by atoms with E-state index in [0.717, 1.165) is 22.4 Å². The van der Waals surface area contributed by atoms with Crippen molar-refractivity contribution >= 4 is 5.91 Å². The number of nitrogens with one attached hydrogen (secondary N) is 1. The SMILES string of the molecule is CCC(Oc1ccc(F)cc1)C(=O)NC(C)c1cc(C(C)C)c(OC)cc1C. The summed E-state index contributed by atoms with van der Waals surface area (Å²) in [4.78, 5) is 12.7. The summed E-state index contributed by atoms with van der Waals surface area (Å²) in [5.41, 5.74) is 3.22. The number of hydrogen-bond donors (Lipinski definition) is 1. The molecule has 0 aromatic heterocycles. The van der Waals surface area contributed by atoms with E-state index in [2.05, 4.69) is 25.2 Å². The second-order valence-corrected chi connectivity index (χ2v) is 7.30. The van der Waals surface area contributed by atoms with Gasteiger partial charge in [0.15, 0.2) is 6.10 Å². The van der Waals surface area contributed by atoms with Crippen molar-refractivity contribution in [1.82, 2.24) is 5.32 Å². The lowest BCUT2D eigenvalue weighted by atomic mass is 9.93. The van der Waals surface area contributed by atoms with E-state index in [1.165, 1.54) is 24.3 Å². The molecule has 0 heterocycles. The van der Waals surface area contributed by atoms with Gasteiger partial charge >= 0.3 is 0 Å². The van der Waals surface area contributed by atoms with Crippen LogP contribution in [0.4, 0.5) is 4.39 Å². The second-order valence-electron chi connectivity index (χ2n) is 7.30. The number of aryl methyl sites for hydroxylation is 1. The molecule has 0 spiro atoms.